The molecule has 0 bridgehead atoms. The Labute approximate surface area is 134 Å². The molecule has 0 spiro atoms. The van der Waals surface area contributed by atoms with Crippen molar-refractivity contribution in [1.29, 1.82) is 0 Å². The molecule has 0 radical (unpaired) electrons. The Morgan fingerprint density at radius 2 is 0.714 bits per heavy atom. The van der Waals surface area contributed by atoms with Gasteiger partial charge in [0, 0.05) is 0 Å². The summed E-state index contributed by atoms with van der Waals surface area (Å²) < 4.78 is 0. The molecule has 0 heterocycles. The van der Waals surface area contributed by atoms with Crippen LogP contribution >= 0.6 is 21.6 Å². The average molecular weight is 313 g/mol. The Morgan fingerprint density at radius 3 is 0.952 bits per heavy atom. The van der Waals surface area contributed by atoms with Crippen molar-refractivity contribution >= 4 is 21.6 Å². The fourth-order valence-corrected chi connectivity index (χ4v) is 3.18. The maximum absolute atomic E-state index is 3.06. The lowest BCUT2D eigenvalue weighted by Gasteiger charge is -2.31. The van der Waals surface area contributed by atoms with E-state index in [1.54, 1.807) is 0 Å². The molecule has 21 heavy (non-hydrogen) atoms. The van der Waals surface area contributed by atoms with Crippen molar-refractivity contribution in [1.82, 2.24) is 0 Å². The minimum Gasteiger partial charge on any atom is -0.147 e. The van der Waals surface area contributed by atoms with Crippen LogP contribution in [0.25, 0.3) is 0 Å². The van der Waals surface area contributed by atoms with Gasteiger partial charge in [-0.3, -0.25) is 0 Å². The summed E-state index contributed by atoms with van der Waals surface area (Å²) in [6, 6.07) is 31.9. The number of hydrogen-bond donors (Lipinski definition) is 0. The number of benzene rings is 3. The molecule has 106 valence electrons. The minimum absolute atomic E-state index is 0. The fraction of sp³-hybridized carbons (Fsp3) is 0.0526. The fourth-order valence-electron chi connectivity index (χ4n) is 2.60. The molecule has 3 rings (SSSR count). The van der Waals surface area contributed by atoms with Gasteiger partial charge in [-0.05, 0) is 16.7 Å². The highest BCUT2D eigenvalue weighted by Crippen LogP contribution is 2.44. The van der Waals surface area contributed by atoms with Gasteiger partial charge in [-0.1, -0.05) is 91.0 Å². The summed E-state index contributed by atoms with van der Waals surface area (Å²) in [6.45, 7) is 0. The Hall–Kier alpha value is -1.62. The summed E-state index contributed by atoms with van der Waals surface area (Å²) in [7, 11) is 3.06. The van der Waals surface area contributed by atoms with E-state index < -0.39 is 0 Å². The smallest absolute Gasteiger partial charge is 0.0591 e. The predicted octanol–water partition coefficient (Wildman–Crippen LogP) is 5.28. The first-order chi connectivity index (χ1) is 9.82. The molecule has 2 heteroatoms. The molecule has 3 aromatic rings. The molecule has 0 amide bonds. The molecule has 0 nitrogen and oxygen atoms in total. The molecule has 0 aliphatic rings. The van der Waals surface area contributed by atoms with Gasteiger partial charge in [-0.25, -0.2) is 0 Å². The second-order valence-corrected chi connectivity index (χ2v) is 5.77. The van der Waals surface area contributed by atoms with E-state index in [1.165, 1.54) is 16.7 Å². The minimum atomic E-state index is -0.205. The highest BCUT2D eigenvalue weighted by atomic mass is 35.5. The third-order valence-corrected chi connectivity index (χ3v) is 4.69. The second-order valence-electron chi connectivity index (χ2n) is 4.91. The van der Waals surface area contributed by atoms with Crippen LogP contribution < -0.4 is 0 Å². The molecule has 1 unspecified atom stereocenters. The summed E-state index contributed by atoms with van der Waals surface area (Å²) in [5.74, 6) is 0. The molecule has 3 aromatic carbocycles. The molecule has 0 aliphatic carbocycles. The quantitative estimate of drug-likeness (QED) is 0.456. The zero-order chi connectivity index (χ0) is 13.8. The van der Waals surface area contributed by atoms with Crippen LogP contribution in [0, 0.1) is 0 Å². The lowest BCUT2D eigenvalue weighted by Crippen LogP contribution is -2.21. The van der Waals surface area contributed by atoms with Crippen LogP contribution in [0.15, 0.2) is 91.0 Å². The van der Waals surface area contributed by atoms with E-state index in [1.807, 2.05) is 0 Å². The summed E-state index contributed by atoms with van der Waals surface area (Å²) >= 11 is 0. The third kappa shape index (κ3) is 3.02. The van der Waals surface area contributed by atoms with E-state index in [0.29, 0.717) is 0 Å². The molecule has 0 fully saturated rings. The van der Waals surface area contributed by atoms with Gasteiger partial charge in [0.15, 0.2) is 0 Å². The van der Waals surface area contributed by atoms with Crippen molar-refractivity contribution in [3.8, 4) is 0 Å². The van der Waals surface area contributed by atoms with Crippen LogP contribution in [0.5, 0.6) is 0 Å². The van der Waals surface area contributed by atoms with Crippen LogP contribution in [0.1, 0.15) is 16.7 Å². The van der Waals surface area contributed by atoms with Crippen molar-refractivity contribution < 1.29 is 0 Å². The Morgan fingerprint density at radius 1 is 0.476 bits per heavy atom. The zero-order valence-corrected chi connectivity index (χ0v) is 13.6. The van der Waals surface area contributed by atoms with Crippen LogP contribution in [0.3, 0.4) is 0 Å². The Bertz CT molecular complexity index is 569. The lowest BCUT2D eigenvalue weighted by molar-refractivity contribution is 0.897. The Kier molecular flexibility index (Phi) is 5.17. The van der Waals surface area contributed by atoms with E-state index in [9.17, 15) is 0 Å². The second kappa shape index (κ2) is 6.89. The summed E-state index contributed by atoms with van der Waals surface area (Å²) in [4.78, 5) is 0. The van der Waals surface area contributed by atoms with Crippen LogP contribution in [0.2, 0.25) is 0 Å². The molecular formula is C19H18ClP. The van der Waals surface area contributed by atoms with Crippen LogP contribution in [0.4, 0.5) is 0 Å². The van der Waals surface area contributed by atoms with E-state index in [4.69, 9.17) is 0 Å². The van der Waals surface area contributed by atoms with Gasteiger partial charge in [-0.15, -0.1) is 21.6 Å². The largest absolute Gasteiger partial charge is 0.147 e. The lowest BCUT2D eigenvalue weighted by atomic mass is 9.84. The first kappa shape index (κ1) is 15.8. The van der Waals surface area contributed by atoms with Gasteiger partial charge in [0.1, 0.15) is 0 Å². The topological polar surface area (TPSA) is 0 Å². The number of hydrogen-bond acceptors (Lipinski definition) is 0. The van der Waals surface area contributed by atoms with E-state index >= 15 is 0 Å². The first-order valence-electron chi connectivity index (χ1n) is 6.77. The zero-order valence-electron chi connectivity index (χ0n) is 11.6. The molecule has 1 atom stereocenters. The first-order valence-corrected chi connectivity index (χ1v) is 7.35. The van der Waals surface area contributed by atoms with Gasteiger partial charge in [0.25, 0.3) is 0 Å². The monoisotopic (exact) mass is 312 g/mol. The normalized spacial score (nSPS) is 10.7. The summed E-state index contributed by atoms with van der Waals surface area (Å²) in [5, 5.41) is -0.205. The van der Waals surface area contributed by atoms with Gasteiger partial charge in [-0.2, -0.15) is 0 Å². The Balaban J connectivity index is 0.00000161. The van der Waals surface area contributed by atoms with Crippen molar-refractivity contribution in [2.75, 3.05) is 0 Å². The van der Waals surface area contributed by atoms with Crippen LogP contribution in [-0.2, 0) is 5.16 Å². The van der Waals surface area contributed by atoms with E-state index in [0.717, 1.165) is 0 Å². The molecule has 0 saturated heterocycles. The van der Waals surface area contributed by atoms with Crippen molar-refractivity contribution in [2.45, 2.75) is 5.16 Å². The van der Waals surface area contributed by atoms with Crippen molar-refractivity contribution in [2.24, 2.45) is 0 Å². The maximum atomic E-state index is 3.06. The number of rotatable bonds is 3. The van der Waals surface area contributed by atoms with Crippen LogP contribution in [-0.4, -0.2) is 0 Å². The van der Waals surface area contributed by atoms with Gasteiger partial charge >= 0.3 is 0 Å². The summed E-state index contributed by atoms with van der Waals surface area (Å²) in [6.07, 6.45) is 0. The van der Waals surface area contributed by atoms with Gasteiger partial charge in [0.05, 0.1) is 5.16 Å². The maximum Gasteiger partial charge on any atom is 0.0591 e. The summed E-state index contributed by atoms with van der Waals surface area (Å²) in [5.41, 5.74) is 3.84. The molecule has 0 N–H and O–H groups in total. The third-order valence-electron chi connectivity index (χ3n) is 3.69. The van der Waals surface area contributed by atoms with E-state index in [-0.39, 0.29) is 17.6 Å². The highest BCUT2D eigenvalue weighted by molar-refractivity contribution is 7.19. The predicted molar refractivity (Wildman–Crippen MR) is 96.2 cm³/mol. The standard InChI is InChI=1S/C19H17P.ClH/c20-19(16-10-4-1-5-11-16,17-12-6-2-7-13-17)18-14-8-3-9-15-18;/h1-15H,20H2;1H. The molecule has 0 saturated carbocycles. The van der Waals surface area contributed by atoms with Gasteiger partial charge in [0.2, 0.25) is 0 Å². The molecule has 0 aromatic heterocycles. The van der Waals surface area contributed by atoms with E-state index in [2.05, 4.69) is 100 Å². The van der Waals surface area contributed by atoms with Crippen molar-refractivity contribution in [3.05, 3.63) is 108 Å². The van der Waals surface area contributed by atoms with Crippen molar-refractivity contribution in [3.63, 3.8) is 0 Å². The average Bonchev–Trinajstić information content (AvgIpc) is 2.56. The SMILES string of the molecule is Cl.PC(c1ccccc1)(c1ccccc1)c1ccccc1. The van der Waals surface area contributed by atoms with Gasteiger partial charge < -0.3 is 0 Å². The number of halogens is 1. The molecule has 0 aliphatic heterocycles. The molecular weight excluding hydrogens is 295 g/mol. The highest BCUT2D eigenvalue weighted by Gasteiger charge is 2.30.